The molecule has 4 aromatic rings. The third-order valence-electron chi connectivity index (χ3n) is 6.10. The molecule has 4 aromatic carbocycles. The molecule has 0 fully saturated rings. The summed E-state index contributed by atoms with van der Waals surface area (Å²) >= 11 is 1.79. The fraction of sp³-hybridized carbons (Fsp3) is 0.265. The number of carbonyl (C=O) groups is 1. The molecule has 1 atom stereocenters. The Kier molecular flexibility index (Phi) is 12.6. The van der Waals surface area contributed by atoms with Gasteiger partial charge in [0, 0.05) is 29.7 Å². The third-order valence-corrected chi connectivity index (χ3v) is 7.35. The van der Waals surface area contributed by atoms with E-state index in [4.69, 9.17) is 19.3 Å². The highest BCUT2D eigenvalue weighted by molar-refractivity contribution is 7.99. The van der Waals surface area contributed by atoms with E-state index >= 15 is 0 Å². The second kappa shape index (κ2) is 16.4. The van der Waals surface area contributed by atoms with Crippen LogP contribution in [0.15, 0.2) is 107 Å². The van der Waals surface area contributed by atoms with Crippen LogP contribution < -0.4 is 9.47 Å². The Morgan fingerprint density at radius 3 is 1.90 bits per heavy atom. The molecule has 0 aliphatic carbocycles. The first-order valence-corrected chi connectivity index (χ1v) is 14.4. The molecule has 0 bridgehead atoms. The topological polar surface area (TPSA) is 65.0 Å². The molecular formula is C34H38O5S. The number of aryl methyl sites for hydroxylation is 1. The summed E-state index contributed by atoms with van der Waals surface area (Å²) in [5.41, 5.74) is 4.51. The molecule has 0 radical (unpaired) electrons. The van der Waals surface area contributed by atoms with Crippen molar-refractivity contribution in [3.8, 4) is 22.6 Å². The number of aliphatic carboxylic acids is 1. The third kappa shape index (κ3) is 9.18. The fourth-order valence-corrected chi connectivity index (χ4v) is 5.02. The van der Waals surface area contributed by atoms with Crippen LogP contribution in [0.5, 0.6) is 11.5 Å². The van der Waals surface area contributed by atoms with Gasteiger partial charge in [-0.1, -0.05) is 86.3 Å². The molecule has 5 nitrogen and oxygen atoms in total. The zero-order chi connectivity index (χ0) is 28.7. The van der Waals surface area contributed by atoms with Crippen molar-refractivity contribution in [2.24, 2.45) is 0 Å². The summed E-state index contributed by atoms with van der Waals surface area (Å²) in [6.07, 6.45) is 0.209. The van der Waals surface area contributed by atoms with Gasteiger partial charge in [0.1, 0.15) is 11.5 Å². The van der Waals surface area contributed by atoms with Crippen molar-refractivity contribution in [2.75, 3.05) is 20.3 Å². The summed E-state index contributed by atoms with van der Waals surface area (Å²) < 4.78 is 16.7. The molecule has 1 unspecified atom stereocenters. The lowest BCUT2D eigenvalue weighted by molar-refractivity contribution is -0.148. The lowest BCUT2D eigenvalue weighted by atomic mass is 10.1. The summed E-state index contributed by atoms with van der Waals surface area (Å²) in [5, 5.41) is 9.11. The minimum Gasteiger partial charge on any atom is -0.493 e. The van der Waals surface area contributed by atoms with E-state index in [1.165, 1.54) is 28.0 Å². The molecule has 6 heteroatoms. The number of hydrogen-bond donors (Lipinski definition) is 1. The van der Waals surface area contributed by atoms with Crippen molar-refractivity contribution >= 4 is 17.7 Å². The Morgan fingerprint density at radius 2 is 1.32 bits per heavy atom. The SMILES string of the molecule is CC.COC(Cc1ccc(OCCCOc2ccc(-c3ccccc3Sc3ccccc3C)cc2)cc1)C(=O)O. The number of carboxylic acids is 1. The normalized spacial score (nSPS) is 11.2. The Bertz CT molecular complexity index is 1320. The Hall–Kier alpha value is -3.74. The number of rotatable bonds is 13. The van der Waals surface area contributed by atoms with E-state index in [9.17, 15) is 4.79 Å². The Morgan fingerprint density at radius 1 is 0.775 bits per heavy atom. The van der Waals surface area contributed by atoms with Crippen LogP contribution >= 0.6 is 11.8 Å². The zero-order valence-electron chi connectivity index (χ0n) is 23.6. The maximum Gasteiger partial charge on any atom is 0.333 e. The molecule has 0 aromatic heterocycles. The first-order valence-electron chi connectivity index (χ1n) is 13.6. The molecule has 0 heterocycles. The standard InChI is InChI=1S/C32H32O5S.C2H6/c1-23-8-3-5-10-30(23)38-31-11-6-4-9-28(31)25-14-18-27(19-15-25)37-21-7-20-36-26-16-12-24(13-17-26)22-29(35-2)32(33)34;1-2/h3-6,8-19,29H,7,20-22H2,1-2H3,(H,33,34);1-2H3. The van der Waals surface area contributed by atoms with E-state index in [1.54, 1.807) is 11.8 Å². The molecular weight excluding hydrogens is 520 g/mol. The van der Waals surface area contributed by atoms with Crippen LogP contribution in [0.25, 0.3) is 11.1 Å². The van der Waals surface area contributed by atoms with Gasteiger partial charge < -0.3 is 19.3 Å². The highest BCUT2D eigenvalue weighted by Gasteiger charge is 2.16. The van der Waals surface area contributed by atoms with Gasteiger partial charge in [-0.2, -0.15) is 0 Å². The van der Waals surface area contributed by atoms with Gasteiger partial charge in [0.15, 0.2) is 6.10 Å². The van der Waals surface area contributed by atoms with Gasteiger partial charge in [-0.15, -0.1) is 0 Å². The van der Waals surface area contributed by atoms with Crippen LogP contribution in [0.4, 0.5) is 0 Å². The van der Waals surface area contributed by atoms with Crippen molar-refractivity contribution in [1.29, 1.82) is 0 Å². The highest BCUT2D eigenvalue weighted by atomic mass is 32.2. The average Bonchev–Trinajstić information content (AvgIpc) is 2.99. The number of ether oxygens (including phenoxy) is 3. The van der Waals surface area contributed by atoms with E-state index < -0.39 is 12.1 Å². The Balaban J connectivity index is 0.00000216. The van der Waals surface area contributed by atoms with Crippen LogP contribution in [0, 0.1) is 6.92 Å². The van der Waals surface area contributed by atoms with Gasteiger partial charge >= 0.3 is 5.97 Å². The van der Waals surface area contributed by atoms with E-state index in [1.807, 2.05) is 50.2 Å². The Labute approximate surface area is 242 Å². The highest BCUT2D eigenvalue weighted by Crippen LogP contribution is 2.37. The number of methoxy groups -OCH3 is 1. The number of carboxylic acid groups (broad SMARTS) is 1. The van der Waals surface area contributed by atoms with Crippen LogP contribution in [0.2, 0.25) is 0 Å². The van der Waals surface area contributed by atoms with Gasteiger partial charge in [0.05, 0.1) is 13.2 Å². The van der Waals surface area contributed by atoms with Crippen molar-refractivity contribution < 1.29 is 24.1 Å². The first kappa shape index (κ1) is 30.8. The molecule has 0 spiro atoms. The van der Waals surface area contributed by atoms with E-state index in [2.05, 4.69) is 67.6 Å². The summed E-state index contributed by atoms with van der Waals surface area (Å²) in [4.78, 5) is 13.6. The molecule has 0 saturated heterocycles. The predicted molar refractivity (Wildman–Crippen MR) is 163 cm³/mol. The van der Waals surface area contributed by atoms with Crippen LogP contribution in [-0.4, -0.2) is 37.5 Å². The minimum absolute atomic E-state index is 0.315. The first-order chi connectivity index (χ1) is 19.5. The van der Waals surface area contributed by atoms with E-state index in [0.29, 0.717) is 19.6 Å². The monoisotopic (exact) mass is 558 g/mol. The zero-order valence-corrected chi connectivity index (χ0v) is 24.4. The molecule has 1 N–H and O–H groups in total. The van der Waals surface area contributed by atoms with Gasteiger partial charge in [-0.25, -0.2) is 4.79 Å². The molecule has 0 aliphatic rings. The van der Waals surface area contributed by atoms with Crippen molar-refractivity contribution in [1.82, 2.24) is 0 Å². The predicted octanol–water partition coefficient (Wildman–Crippen LogP) is 8.33. The molecule has 210 valence electrons. The quantitative estimate of drug-likeness (QED) is 0.166. The maximum atomic E-state index is 11.1. The maximum absolute atomic E-state index is 11.1. The molecule has 0 saturated carbocycles. The van der Waals surface area contributed by atoms with E-state index in [0.717, 1.165) is 29.0 Å². The van der Waals surface area contributed by atoms with Gasteiger partial charge in [-0.3, -0.25) is 0 Å². The molecule has 40 heavy (non-hydrogen) atoms. The molecule has 0 amide bonds. The number of hydrogen-bond acceptors (Lipinski definition) is 5. The van der Waals surface area contributed by atoms with Gasteiger partial charge in [-0.05, 0) is 65.6 Å². The number of benzene rings is 4. The average molecular weight is 559 g/mol. The summed E-state index contributed by atoms with van der Waals surface area (Å²) in [6.45, 7) is 7.21. The second-order valence-corrected chi connectivity index (χ2v) is 9.93. The van der Waals surface area contributed by atoms with Crippen LogP contribution in [0.3, 0.4) is 0 Å². The lowest BCUT2D eigenvalue weighted by Gasteiger charge is -2.12. The fourth-order valence-electron chi connectivity index (χ4n) is 3.96. The largest absolute Gasteiger partial charge is 0.493 e. The summed E-state index contributed by atoms with van der Waals surface area (Å²) in [6, 6.07) is 32.5. The summed E-state index contributed by atoms with van der Waals surface area (Å²) in [5.74, 6) is 0.599. The van der Waals surface area contributed by atoms with Gasteiger partial charge in [0.25, 0.3) is 0 Å². The van der Waals surface area contributed by atoms with Gasteiger partial charge in [0.2, 0.25) is 0 Å². The second-order valence-electron chi connectivity index (χ2n) is 8.85. The van der Waals surface area contributed by atoms with E-state index in [-0.39, 0.29) is 0 Å². The van der Waals surface area contributed by atoms with Crippen LogP contribution in [-0.2, 0) is 16.0 Å². The van der Waals surface area contributed by atoms with Crippen molar-refractivity contribution in [3.05, 3.63) is 108 Å². The summed E-state index contributed by atoms with van der Waals surface area (Å²) in [7, 11) is 1.40. The lowest BCUT2D eigenvalue weighted by Crippen LogP contribution is -2.24. The van der Waals surface area contributed by atoms with Crippen molar-refractivity contribution in [3.63, 3.8) is 0 Å². The molecule has 0 aliphatic heterocycles. The van der Waals surface area contributed by atoms with Crippen molar-refractivity contribution in [2.45, 2.75) is 49.5 Å². The van der Waals surface area contributed by atoms with Crippen LogP contribution in [0.1, 0.15) is 31.4 Å². The minimum atomic E-state index is -0.968. The molecule has 4 rings (SSSR count). The smallest absolute Gasteiger partial charge is 0.333 e.